The lowest BCUT2D eigenvalue weighted by Gasteiger charge is -2.28. The van der Waals surface area contributed by atoms with Gasteiger partial charge >= 0.3 is 0 Å². The Morgan fingerprint density at radius 1 is 0.280 bits per heavy atom. The zero-order chi connectivity index (χ0) is 50.6. The van der Waals surface area contributed by atoms with Crippen molar-refractivity contribution in [2.75, 3.05) is 9.80 Å². The fourth-order valence-electron chi connectivity index (χ4n) is 9.76. The van der Waals surface area contributed by atoms with Gasteiger partial charge in [-0.15, -0.1) is 0 Å². The zero-order valence-corrected chi connectivity index (χ0v) is 41.8. The number of hydrogen-bond acceptors (Lipinski definition) is 2. The van der Waals surface area contributed by atoms with Crippen LogP contribution in [0.5, 0.6) is 0 Å². The molecule has 0 fully saturated rings. The number of allylic oxidation sites excluding steroid dienone is 4. The van der Waals surface area contributed by atoms with Crippen LogP contribution in [-0.4, -0.2) is 0 Å². The van der Waals surface area contributed by atoms with Gasteiger partial charge in [-0.05, 0) is 152 Å². The van der Waals surface area contributed by atoms with Crippen molar-refractivity contribution in [1.29, 1.82) is 0 Å². The third kappa shape index (κ3) is 11.3. The van der Waals surface area contributed by atoms with Gasteiger partial charge in [0, 0.05) is 34.1 Å². The lowest BCUT2D eigenvalue weighted by atomic mass is 9.95. The predicted molar refractivity (Wildman–Crippen MR) is 320 cm³/mol. The molecule has 0 aliphatic heterocycles. The van der Waals surface area contributed by atoms with Crippen LogP contribution in [0.15, 0.2) is 328 Å². The van der Waals surface area contributed by atoms with E-state index in [1.165, 1.54) is 44.5 Å². The summed E-state index contributed by atoms with van der Waals surface area (Å²) in [5, 5.41) is 0. The van der Waals surface area contributed by atoms with Crippen molar-refractivity contribution in [3.05, 3.63) is 344 Å². The van der Waals surface area contributed by atoms with Gasteiger partial charge in [-0.25, -0.2) is 0 Å². The molecule has 75 heavy (non-hydrogen) atoms. The monoisotopic (exact) mass is 960 g/mol. The summed E-state index contributed by atoms with van der Waals surface area (Å²) in [4.78, 5) is 4.72. The molecule has 11 aromatic rings. The minimum atomic E-state index is 0.685. The van der Waals surface area contributed by atoms with Gasteiger partial charge in [0.25, 0.3) is 0 Å². The average molecular weight is 961 g/mol. The minimum Gasteiger partial charge on any atom is -0.311 e. The largest absolute Gasteiger partial charge is 0.311 e. The van der Waals surface area contributed by atoms with Crippen molar-refractivity contribution in [2.24, 2.45) is 0 Å². The molecule has 2 nitrogen and oxygen atoms in total. The summed E-state index contributed by atoms with van der Waals surface area (Å²) in [5.74, 6) is 0. The molecule has 0 aliphatic rings. The van der Waals surface area contributed by atoms with Crippen molar-refractivity contribution in [2.45, 2.75) is 6.42 Å². The third-order valence-electron chi connectivity index (χ3n) is 13.7. The van der Waals surface area contributed by atoms with E-state index in [4.69, 9.17) is 0 Å². The molecule has 0 bridgehead atoms. The van der Waals surface area contributed by atoms with Gasteiger partial charge < -0.3 is 9.80 Å². The first-order valence-corrected chi connectivity index (χ1v) is 25.6. The number of rotatable bonds is 16. The molecule has 11 rings (SSSR count). The lowest BCUT2D eigenvalue weighted by molar-refractivity contribution is 1.19. The Labute approximate surface area is 442 Å². The number of benzene rings is 11. The fraction of sp³-hybridized carbons (Fsp3) is 0.0137. The van der Waals surface area contributed by atoms with E-state index in [1.807, 2.05) is 0 Å². The molecule has 0 atom stereocenters. The Balaban J connectivity index is 1.00. The van der Waals surface area contributed by atoms with Crippen LogP contribution in [0.3, 0.4) is 0 Å². The summed E-state index contributed by atoms with van der Waals surface area (Å²) >= 11 is 0. The van der Waals surface area contributed by atoms with Gasteiger partial charge in [0.05, 0.1) is 0 Å². The van der Waals surface area contributed by atoms with Crippen LogP contribution in [0, 0.1) is 0 Å². The summed E-state index contributed by atoms with van der Waals surface area (Å²) in [7, 11) is 0. The SMILES string of the molecule is C=C(/C=C(\C=C(/Cc1ccc(N(c2ccc(-c3ccccc3)cc2)c2ccc(-c3ccccc3)cc2)cc1)c1ccccc1)N(c1ccc(-c2ccccc2)cc1)c1ccc(-c2ccccc2)cc1)c1ccccc1. The van der Waals surface area contributed by atoms with Crippen molar-refractivity contribution >= 4 is 39.6 Å². The van der Waals surface area contributed by atoms with Crippen molar-refractivity contribution < 1.29 is 0 Å². The molecular weight excluding hydrogens is 905 g/mol. The van der Waals surface area contributed by atoms with E-state index in [2.05, 4.69) is 332 Å². The summed E-state index contributed by atoms with van der Waals surface area (Å²) in [6.45, 7) is 4.69. The van der Waals surface area contributed by atoms with Crippen LogP contribution < -0.4 is 9.80 Å². The van der Waals surface area contributed by atoms with Crippen molar-refractivity contribution in [3.8, 4) is 44.5 Å². The highest BCUT2D eigenvalue weighted by Gasteiger charge is 2.19. The third-order valence-corrected chi connectivity index (χ3v) is 13.7. The summed E-state index contributed by atoms with van der Waals surface area (Å²) in [6, 6.07) is 108. The van der Waals surface area contributed by atoms with E-state index in [1.54, 1.807) is 0 Å². The van der Waals surface area contributed by atoms with Gasteiger partial charge in [-0.1, -0.05) is 249 Å². The highest BCUT2D eigenvalue weighted by atomic mass is 15.1. The quantitative estimate of drug-likeness (QED) is 0.0891. The Kier molecular flexibility index (Phi) is 14.4. The molecule has 358 valence electrons. The maximum absolute atomic E-state index is 4.69. The molecule has 0 radical (unpaired) electrons. The van der Waals surface area contributed by atoms with Gasteiger partial charge in [0.1, 0.15) is 0 Å². The smallest absolute Gasteiger partial charge is 0.0470 e. The molecule has 0 amide bonds. The van der Waals surface area contributed by atoms with E-state index in [-0.39, 0.29) is 0 Å². The zero-order valence-electron chi connectivity index (χ0n) is 41.8. The second kappa shape index (κ2) is 22.8. The Hall–Kier alpha value is -9.76. The first-order chi connectivity index (χ1) is 37.1. The standard InChI is InChI=1S/C73H56N2/c1-55(57-20-8-2-9-21-57)52-73(75(71-48-38-65(39-49-71)60-26-14-5-15-27-60)72-50-40-66(41-51-72)61-28-16-6-17-29-61)54-67(62-30-18-7-19-31-62)53-56-32-42-68(43-33-56)74(69-44-34-63(35-45-69)58-22-10-3-11-23-58)70-46-36-64(37-47-70)59-24-12-4-13-25-59/h2-52,54H,1,53H2/b67-54+,73-52+. The Morgan fingerprint density at radius 2 is 0.560 bits per heavy atom. The van der Waals surface area contributed by atoms with Gasteiger partial charge in [0.2, 0.25) is 0 Å². The average Bonchev–Trinajstić information content (AvgIpc) is 3.50. The summed E-state index contributed by atoms with van der Waals surface area (Å²) in [6.07, 6.45) is 5.29. The molecule has 0 saturated heterocycles. The second-order valence-electron chi connectivity index (χ2n) is 18.7. The number of hydrogen-bond donors (Lipinski definition) is 0. The Morgan fingerprint density at radius 3 is 0.907 bits per heavy atom. The van der Waals surface area contributed by atoms with Crippen molar-refractivity contribution in [1.82, 2.24) is 0 Å². The van der Waals surface area contributed by atoms with Crippen LogP contribution in [0.1, 0.15) is 16.7 Å². The van der Waals surface area contributed by atoms with E-state index < -0.39 is 0 Å². The normalized spacial score (nSPS) is 11.5. The van der Waals surface area contributed by atoms with Gasteiger partial charge in [-0.2, -0.15) is 0 Å². The summed E-state index contributed by atoms with van der Waals surface area (Å²) in [5.41, 5.74) is 21.2. The molecule has 0 aromatic heterocycles. The molecule has 0 aliphatic carbocycles. The first-order valence-electron chi connectivity index (χ1n) is 25.6. The molecule has 0 unspecified atom stereocenters. The maximum Gasteiger partial charge on any atom is 0.0470 e. The highest BCUT2D eigenvalue weighted by Crippen LogP contribution is 2.40. The fourth-order valence-corrected chi connectivity index (χ4v) is 9.76. The molecule has 0 saturated carbocycles. The molecule has 0 spiro atoms. The lowest BCUT2D eigenvalue weighted by Crippen LogP contribution is -2.16. The van der Waals surface area contributed by atoms with Gasteiger partial charge in [0.15, 0.2) is 0 Å². The minimum absolute atomic E-state index is 0.685. The molecule has 0 heterocycles. The highest BCUT2D eigenvalue weighted by molar-refractivity contribution is 5.84. The van der Waals surface area contributed by atoms with Gasteiger partial charge in [-0.3, -0.25) is 0 Å². The summed E-state index contributed by atoms with van der Waals surface area (Å²) < 4.78 is 0. The van der Waals surface area contributed by atoms with E-state index in [9.17, 15) is 0 Å². The van der Waals surface area contributed by atoms with E-state index in [0.29, 0.717) is 6.42 Å². The molecule has 11 aromatic carbocycles. The van der Waals surface area contributed by atoms with E-state index in [0.717, 1.165) is 62.0 Å². The number of anilines is 5. The molecule has 2 heteroatoms. The predicted octanol–water partition coefficient (Wildman–Crippen LogP) is 19.9. The van der Waals surface area contributed by atoms with Crippen LogP contribution in [0.4, 0.5) is 28.4 Å². The van der Waals surface area contributed by atoms with Crippen LogP contribution in [-0.2, 0) is 6.42 Å². The molecule has 0 N–H and O–H groups in total. The van der Waals surface area contributed by atoms with Crippen molar-refractivity contribution in [3.63, 3.8) is 0 Å². The first kappa shape index (κ1) is 47.6. The molecular formula is C73H56N2. The topological polar surface area (TPSA) is 6.48 Å². The van der Waals surface area contributed by atoms with Crippen LogP contribution in [0.25, 0.3) is 55.7 Å². The van der Waals surface area contributed by atoms with Crippen LogP contribution >= 0.6 is 0 Å². The number of nitrogens with zero attached hydrogens (tertiary/aromatic N) is 2. The maximum atomic E-state index is 4.69. The van der Waals surface area contributed by atoms with Crippen LogP contribution in [0.2, 0.25) is 0 Å². The second-order valence-corrected chi connectivity index (χ2v) is 18.7. The Bertz CT molecular complexity index is 3480. The van der Waals surface area contributed by atoms with E-state index >= 15 is 0 Å².